The van der Waals surface area contributed by atoms with Gasteiger partial charge in [-0.25, -0.2) is 0 Å². The van der Waals surface area contributed by atoms with E-state index in [1.807, 2.05) is 22.6 Å². The van der Waals surface area contributed by atoms with E-state index in [0.717, 1.165) is 9.13 Å². The van der Waals surface area contributed by atoms with Gasteiger partial charge in [0.2, 0.25) is 0 Å². The Morgan fingerprint density at radius 2 is 2.08 bits per heavy atom. The first kappa shape index (κ1) is 13.0. The summed E-state index contributed by atoms with van der Waals surface area (Å²) in [5, 5.41) is 18.5. The first-order valence-corrected chi connectivity index (χ1v) is 4.59. The molecule has 5 heteroatoms. The van der Waals surface area contributed by atoms with Gasteiger partial charge >= 0.3 is 0 Å². The maximum atomic E-state index is 9.33. The number of hydrogen-bond donors (Lipinski definition) is 3. The SMILES string of the molecule is Cl.NCC(O)c1ccc(O)c(I)c1. The van der Waals surface area contributed by atoms with Crippen LogP contribution >= 0.6 is 35.0 Å². The highest BCUT2D eigenvalue weighted by molar-refractivity contribution is 14.1. The van der Waals surface area contributed by atoms with Crippen LogP contribution in [0.15, 0.2) is 18.2 Å². The molecule has 0 spiro atoms. The van der Waals surface area contributed by atoms with E-state index in [-0.39, 0.29) is 24.7 Å². The summed E-state index contributed by atoms with van der Waals surface area (Å²) < 4.78 is 0.720. The fourth-order valence-corrected chi connectivity index (χ4v) is 1.41. The van der Waals surface area contributed by atoms with Crippen molar-refractivity contribution in [3.63, 3.8) is 0 Å². The van der Waals surface area contributed by atoms with Crippen molar-refractivity contribution in [1.82, 2.24) is 0 Å². The Kier molecular flexibility index (Phi) is 5.62. The van der Waals surface area contributed by atoms with Crippen molar-refractivity contribution in [2.24, 2.45) is 5.73 Å². The fourth-order valence-electron chi connectivity index (χ4n) is 0.867. The monoisotopic (exact) mass is 315 g/mol. The lowest BCUT2D eigenvalue weighted by atomic mass is 10.1. The lowest BCUT2D eigenvalue weighted by Crippen LogP contribution is -2.11. The molecule has 0 aromatic heterocycles. The Morgan fingerprint density at radius 3 is 2.54 bits per heavy atom. The molecule has 0 saturated heterocycles. The standard InChI is InChI=1S/C8H10INO2.ClH/c9-6-3-5(8(12)4-10)1-2-7(6)11;/h1-3,8,11-12H,4,10H2;1H. The zero-order valence-electron chi connectivity index (χ0n) is 6.77. The van der Waals surface area contributed by atoms with Crippen LogP contribution in [-0.4, -0.2) is 16.8 Å². The normalized spacial score (nSPS) is 11.9. The van der Waals surface area contributed by atoms with Gasteiger partial charge in [0.1, 0.15) is 5.75 Å². The molecule has 4 N–H and O–H groups in total. The summed E-state index contributed by atoms with van der Waals surface area (Å²) in [6, 6.07) is 4.93. The van der Waals surface area contributed by atoms with Crippen molar-refractivity contribution in [3.8, 4) is 5.75 Å². The Balaban J connectivity index is 0.00000144. The summed E-state index contributed by atoms with van der Waals surface area (Å²) in [4.78, 5) is 0. The molecular weight excluding hydrogens is 304 g/mol. The van der Waals surface area contributed by atoms with Crippen molar-refractivity contribution in [3.05, 3.63) is 27.3 Å². The highest BCUT2D eigenvalue weighted by Gasteiger charge is 2.06. The van der Waals surface area contributed by atoms with Gasteiger partial charge in [0.25, 0.3) is 0 Å². The molecule has 0 aliphatic carbocycles. The van der Waals surface area contributed by atoms with Crippen LogP contribution in [0.1, 0.15) is 11.7 Å². The van der Waals surface area contributed by atoms with E-state index >= 15 is 0 Å². The van der Waals surface area contributed by atoms with E-state index in [4.69, 9.17) is 5.73 Å². The van der Waals surface area contributed by atoms with Crippen molar-refractivity contribution < 1.29 is 10.2 Å². The zero-order chi connectivity index (χ0) is 9.14. The molecule has 0 aliphatic heterocycles. The van der Waals surface area contributed by atoms with Gasteiger partial charge in [-0.3, -0.25) is 0 Å². The molecule has 1 aromatic rings. The van der Waals surface area contributed by atoms with Crippen LogP contribution < -0.4 is 5.73 Å². The highest BCUT2D eigenvalue weighted by atomic mass is 127. The molecular formula is C8H11ClINO2. The maximum Gasteiger partial charge on any atom is 0.128 e. The van der Waals surface area contributed by atoms with Crippen LogP contribution in [0, 0.1) is 3.57 Å². The summed E-state index contributed by atoms with van der Waals surface area (Å²) in [5.41, 5.74) is 6.01. The predicted octanol–water partition coefficient (Wildman–Crippen LogP) is 1.41. The van der Waals surface area contributed by atoms with Gasteiger partial charge in [-0.15, -0.1) is 12.4 Å². The number of phenols is 1. The molecule has 3 nitrogen and oxygen atoms in total. The van der Waals surface area contributed by atoms with E-state index in [2.05, 4.69) is 0 Å². The average molecular weight is 316 g/mol. The van der Waals surface area contributed by atoms with Crippen LogP contribution in [-0.2, 0) is 0 Å². The smallest absolute Gasteiger partial charge is 0.128 e. The number of aliphatic hydroxyl groups excluding tert-OH is 1. The summed E-state index contributed by atoms with van der Waals surface area (Å²) in [7, 11) is 0. The van der Waals surface area contributed by atoms with Gasteiger partial charge in [-0.2, -0.15) is 0 Å². The van der Waals surface area contributed by atoms with Crippen LogP contribution in [0.3, 0.4) is 0 Å². The largest absolute Gasteiger partial charge is 0.507 e. The molecule has 13 heavy (non-hydrogen) atoms. The fraction of sp³-hybridized carbons (Fsp3) is 0.250. The minimum absolute atomic E-state index is 0. The van der Waals surface area contributed by atoms with E-state index in [1.165, 1.54) is 0 Å². The lowest BCUT2D eigenvalue weighted by Gasteiger charge is -2.08. The second-order valence-corrected chi connectivity index (χ2v) is 3.62. The molecule has 0 aliphatic rings. The Bertz CT molecular complexity index is 283. The average Bonchev–Trinajstić information content (AvgIpc) is 2.08. The second-order valence-electron chi connectivity index (χ2n) is 2.46. The van der Waals surface area contributed by atoms with Crippen molar-refractivity contribution in [2.75, 3.05) is 6.54 Å². The summed E-state index contributed by atoms with van der Waals surface area (Å²) in [6.07, 6.45) is -0.640. The number of aliphatic hydroxyl groups is 1. The van der Waals surface area contributed by atoms with E-state index in [0.29, 0.717) is 0 Å². The Morgan fingerprint density at radius 1 is 1.46 bits per heavy atom. The summed E-state index contributed by atoms with van der Waals surface area (Å²) in [6.45, 7) is 0.195. The number of aromatic hydroxyl groups is 1. The molecule has 1 atom stereocenters. The third-order valence-electron chi connectivity index (χ3n) is 1.58. The first-order valence-electron chi connectivity index (χ1n) is 3.51. The molecule has 1 aromatic carbocycles. The van der Waals surface area contributed by atoms with Gasteiger partial charge in [0.05, 0.1) is 9.67 Å². The van der Waals surface area contributed by atoms with Crippen molar-refractivity contribution in [1.29, 1.82) is 0 Å². The van der Waals surface area contributed by atoms with E-state index in [1.54, 1.807) is 18.2 Å². The molecule has 0 bridgehead atoms. The van der Waals surface area contributed by atoms with E-state index < -0.39 is 6.10 Å². The van der Waals surface area contributed by atoms with Gasteiger partial charge in [-0.05, 0) is 40.3 Å². The molecule has 1 rings (SSSR count). The van der Waals surface area contributed by atoms with E-state index in [9.17, 15) is 10.2 Å². The second kappa shape index (κ2) is 5.64. The summed E-state index contributed by atoms with van der Waals surface area (Å²) in [5.74, 6) is 0.226. The zero-order valence-corrected chi connectivity index (χ0v) is 9.75. The van der Waals surface area contributed by atoms with Crippen LogP contribution in [0.25, 0.3) is 0 Å². The van der Waals surface area contributed by atoms with Gasteiger partial charge in [0.15, 0.2) is 0 Å². The molecule has 0 amide bonds. The molecule has 1 unspecified atom stereocenters. The molecule has 0 saturated carbocycles. The molecule has 0 radical (unpaired) electrons. The number of hydrogen-bond acceptors (Lipinski definition) is 3. The van der Waals surface area contributed by atoms with Gasteiger partial charge in [-0.1, -0.05) is 6.07 Å². The molecule has 0 fully saturated rings. The van der Waals surface area contributed by atoms with Gasteiger partial charge < -0.3 is 15.9 Å². The topological polar surface area (TPSA) is 66.5 Å². The Hall–Kier alpha value is -0.0400. The number of benzene rings is 1. The summed E-state index contributed by atoms with van der Waals surface area (Å²) >= 11 is 2.00. The minimum atomic E-state index is -0.640. The van der Waals surface area contributed by atoms with Crippen molar-refractivity contribution in [2.45, 2.75) is 6.10 Å². The lowest BCUT2D eigenvalue weighted by molar-refractivity contribution is 0.186. The maximum absolute atomic E-state index is 9.33. The minimum Gasteiger partial charge on any atom is -0.507 e. The number of rotatable bonds is 2. The molecule has 0 heterocycles. The molecule has 74 valence electrons. The third kappa shape index (κ3) is 3.30. The number of phenolic OH excluding ortho intramolecular Hbond substituents is 1. The third-order valence-corrected chi connectivity index (χ3v) is 2.44. The first-order chi connectivity index (χ1) is 5.65. The predicted molar refractivity (Wildman–Crippen MR) is 62.1 cm³/mol. The quantitative estimate of drug-likeness (QED) is 0.723. The van der Waals surface area contributed by atoms with Crippen LogP contribution in [0.2, 0.25) is 0 Å². The number of nitrogens with two attached hydrogens (primary N) is 1. The highest BCUT2D eigenvalue weighted by Crippen LogP contribution is 2.23. The number of halogens is 2. The van der Waals surface area contributed by atoms with Gasteiger partial charge in [0, 0.05) is 6.54 Å². The Labute approximate surface area is 96.5 Å². The van der Waals surface area contributed by atoms with Crippen LogP contribution in [0.5, 0.6) is 5.75 Å². The van der Waals surface area contributed by atoms with Crippen molar-refractivity contribution >= 4 is 35.0 Å². The van der Waals surface area contributed by atoms with Crippen LogP contribution in [0.4, 0.5) is 0 Å².